The molecule has 0 aliphatic carbocycles. The third-order valence-corrected chi connectivity index (χ3v) is 12.8. The first-order valence-corrected chi connectivity index (χ1v) is 21.0. The van der Waals surface area contributed by atoms with E-state index in [0.717, 1.165) is 61.7 Å². The number of hydrogen-bond acceptors (Lipinski definition) is 4. The number of benzene rings is 8. The van der Waals surface area contributed by atoms with Gasteiger partial charge in [0.05, 0.1) is 32.8 Å². The molecule has 0 fully saturated rings. The molecule has 60 heavy (non-hydrogen) atoms. The molecule has 0 saturated heterocycles. The summed E-state index contributed by atoms with van der Waals surface area (Å²) in [5, 5.41) is 7.42. The first-order chi connectivity index (χ1) is 29.7. The van der Waals surface area contributed by atoms with Crippen LogP contribution < -0.4 is 0 Å². The van der Waals surface area contributed by atoms with Crippen molar-refractivity contribution in [3.63, 3.8) is 0 Å². The molecule has 0 radical (unpaired) electrons. The number of thiophene rings is 1. The lowest BCUT2D eigenvalue weighted by Crippen LogP contribution is -1.95. The summed E-state index contributed by atoms with van der Waals surface area (Å²) in [6, 6.07) is 73.0. The fourth-order valence-corrected chi connectivity index (χ4v) is 10.1. The second kappa shape index (κ2) is 14.0. The molecule has 5 heteroatoms. The summed E-state index contributed by atoms with van der Waals surface area (Å²) in [5.41, 5.74) is 12.7. The predicted octanol–water partition coefficient (Wildman–Crippen LogP) is 14.8. The zero-order valence-corrected chi connectivity index (χ0v) is 33.1. The van der Waals surface area contributed by atoms with E-state index in [2.05, 4.69) is 174 Å². The summed E-state index contributed by atoms with van der Waals surface area (Å²) in [4.78, 5) is 16.6. The summed E-state index contributed by atoms with van der Waals surface area (Å²) < 4.78 is 3.64. The van der Waals surface area contributed by atoms with Crippen molar-refractivity contribution in [1.82, 2.24) is 19.5 Å². The maximum absolute atomic E-state index is 5.34. The highest BCUT2D eigenvalue weighted by Crippen LogP contribution is 2.48. The number of fused-ring (bicyclic) bond motifs is 8. The van der Waals surface area contributed by atoms with Crippen molar-refractivity contribution in [1.29, 1.82) is 0 Å². The number of aromatic nitrogens is 4. The van der Waals surface area contributed by atoms with E-state index in [1.807, 2.05) is 47.7 Å². The molecule has 0 atom stereocenters. The maximum Gasteiger partial charge on any atom is 0.160 e. The molecule has 0 spiro atoms. The minimum Gasteiger partial charge on any atom is -0.301 e. The lowest BCUT2D eigenvalue weighted by atomic mass is 10.0. The number of rotatable bonds is 6. The first kappa shape index (κ1) is 34.3. The summed E-state index contributed by atoms with van der Waals surface area (Å²) in [5.74, 6) is 0.714. The van der Waals surface area contributed by atoms with Crippen molar-refractivity contribution < 1.29 is 0 Å². The third kappa shape index (κ3) is 5.70. The van der Waals surface area contributed by atoms with Gasteiger partial charge in [0.15, 0.2) is 5.82 Å². The minimum absolute atomic E-state index is 0.714. The normalized spacial score (nSPS) is 11.7. The molecule has 12 rings (SSSR count). The lowest BCUT2D eigenvalue weighted by Gasteiger charge is -2.11. The quantitative estimate of drug-likeness (QED) is 0.169. The van der Waals surface area contributed by atoms with Gasteiger partial charge in [-0.1, -0.05) is 170 Å². The number of nitrogens with zero attached hydrogens (tertiary/aromatic N) is 4. The first-order valence-electron chi connectivity index (χ1n) is 20.2. The van der Waals surface area contributed by atoms with Crippen molar-refractivity contribution >= 4 is 64.2 Å². The SMILES string of the molecule is c1ccc(-c2cc(-c3ccc(-c4ccc(-n5c6ccccc6c6c7c(sc65)c(-c5ccc6ccccc6c5)nc5ccccc57)cc4)cc3)nc(-c3ccccc3)n2)cc1. The van der Waals surface area contributed by atoms with Gasteiger partial charge >= 0.3 is 0 Å². The number of para-hydroxylation sites is 2. The molecule has 0 N–H and O–H groups in total. The van der Waals surface area contributed by atoms with Gasteiger partial charge in [0, 0.05) is 49.5 Å². The second-order valence-electron chi connectivity index (χ2n) is 15.2. The Balaban J connectivity index is 0.955. The molecule has 0 amide bonds. The Hall–Kier alpha value is -7.73. The van der Waals surface area contributed by atoms with Crippen LogP contribution in [0.1, 0.15) is 0 Å². The van der Waals surface area contributed by atoms with Gasteiger partial charge in [0.2, 0.25) is 0 Å². The molecule has 0 unspecified atom stereocenters. The molecule has 0 bridgehead atoms. The van der Waals surface area contributed by atoms with E-state index in [1.165, 1.54) is 47.4 Å². The van der Waals surface area contributed by atoms with Crippen molar-refractivity contribution in [3.05, 3.63) is 206 Å². The van der Waals surface area contributed by atoms with Gasteiger partial charge in [-0.15, -0.1) is 11.3 Å². The number of pyridine rings is 1. The van der Waals surface area contributed by atoms with Crippen LogP contribution in [0.15, 0.2) is 206 Å². The van der Waals surface area contributed by atoms with Gasteiger partial charge in [-0.25, -0.2) is 15.0 Å². The molecule has 280 valence electrons. The van der Waals surface area contributed by atoms with Crippen molar-refractivity contribution in [2.45, 2.75) is 0 Å². The van der Waals surface area contributed by atoms with Gasteiger partial charge in [-0.2, -0.15) is 0 Å². The van der Waals surface area contributed by atoms with E-state index in [-0.39, 0.29) is 0 Å². The zero-order valence-electron chi connectivity index (χ0n) is 32.3. The molecule has 0 aliphatic rings. The molecule has 12 aromatic rings. The van der Waals surface area contributed by atoms with Crippen LogP contribution in [-0.2, 0) is 0 Å². The highest BCUT2D eigenvalue weighted by molar-refractivity contribution is 7.26. The van der Waals surface area contributed by atoms with Gasteiger partial charge in [-0.05, 0) is 58.3 Å². The van der Waals surface area contributed by atoms with E-state index in [4.69, 9.17) is 15.0 Å². The van der Waals surface area contributed by atoms with Crippen LogP contribution in [-0.4, -0.2) is 19.5 Å². The Bertz CT molecular complexity index is 3510. The molecule has 4 nitrogen and oxygen atoms in total. The van der Waals surface area contributed by atoms with E-state index in [1.54, 1.807) is 0 Å². The van der Waals surface area contributed by atoms with Gasteiger partial charge in [0.25, 0.3) is 0 Å². The molecular weight excluding hydrogens is 749 g/mol. The van der Waals surface area contributed by atoms with E-state index in [0.29, 0.717) is 5.82 Å². The van der Waals surface area contributed by atoms with E-state index >= 15 is 0 Å². The van der Waals surface area contributed by atoms with Crippen LogP contribution in [0.2, 0.25) is 0 Å². The van der Waals surface area contributed by atoms with Crippen LogP contribution >= 0.6 is 11.3 Å². The lowest BCUT2D eigenvalue weighted by molar-refractivity contribution is 1.18. The maximum atomic E-state index is 5.34. The molecule has 8 aromatic carbocycles. The smallest absolute Gasteiger partial charge is 0.160 e. The summed E-state index contributed by atoms with van der Waals surface area (Å²) >= 11 is 1.84. The highest BCUT2D eigenvalue weighted by atomic mass is 32.1. The summed E-state index contributed by atoms with van der Waals surface area (Å²) in [6.07, 6.45) is 0. The summed E-state index contributed by atoms with van der Waals surface area (Å²) in [6.45, 7) is 0. The highest BCUT2D eigenvalue weighted by Gasteiger charge is 2.23. The van der Waals surface area contributed by atoms with Crippen LogP contribution in [0.4, 0.5) is 0 Å². The fourth-order valence-electron chi connectivity index (χ4n) is 8.69. The van der Waals surface area contributed by atoms with Gasteiger partial charge < -0.3 is 4.57 Å². The molecule has 4 heterocycles. The van der Waals surface area contributed by atoms with E-state index in [9.17, 15) is 0 Å². The van der Waals surface area contributed by atoms with Crippen molar-refractivity contribution in [3.8, 4) is 62.0 Å². The standard InChI is InChI=1S/C55H34N4S/c1-3-14-38(15-4-1)47-34-48(58-54(57-47)40-16-5-2-6-17-40)39-26-23-36(24-27-39)37-29-31-43(32-30-37)59-49-22-12-10-20-45(49)51-50-44-19-9-11-21-46(44)56-52(53(50)60-55(51)59)42-28-25-35-13-7-8-18-41(35)33-42/h1-34H. The Morgan fingerprint density at radius 3 is 1.70 bits per heavy atom. The Labute approximate surface area is 350 Å². The Morgan fingerprint density at radius 2 is 0.950 bits per heavy atom. The van der Waals surface area contributed by atoms with Crippen LogP contribution in [0.5, 0.6) is 0 Å². The average molecular weight is 783 g/mol. The Kier molecular flexibility index (Phi) is 8.00. The molecule has 4 aromatic heterocycles. The fraction of sp³-hybridized carbons (Fsp3) is 0. The number of hydrogen-bond donors (Lipinski definition) is 0. The van der Waals surface area contributed by atoms with E-state index < -0.39 is 0 Å². The summed E-state index contributed by atoms with van der Waals surface area (Å²) in [7, 11) is 0. The minimum atomic E-state index is 0.714. The van der Waals surface area contributed by atoms with Crippen molar-refractivity contribution in [2.24, 2.45) is 0 Å². The van der Waals surface area contributed by atoms with Crippen LogP contribution in [0, 0.1) is 0 Å². The van der Waals surface area contributed by atoms with Crippen LogP contribution in [0.3, 0.4) is 0 Å². The topological polar surface area (TPSA) is 43.6 Å². The zero-order chi connectivity index (χ0) is 39.6. The second-order valence-corrected chi connectivity index (χ2v) is 16.2. The molecule has 0 aliphatic heterocycles. The largest absolute Gasteiger partial charge is 0.301 e. The van der Waals surface area contributed by atoms with Gasteiger partial charge in [0.1, 0.15) is 4.83 Å². The van der Waals surface area contributed by atoms with Crippen LogP contribution in [0.25, 0.3) is 115 Å². The molecule has 0 saturated carbocycles. The van der Waals surface area contributed by atoms with Crippen molar-refractivity contribution in [2.75, 3.05) is 0 Å². The monoisotopic (exact) mass is 782 g/mol. The molecular formula is C55H34N4S. The van der Waals surface area contributed by atoms with Gasteiger partial charge in [-0.3, -0.25) is 0 Å². The predicted molar refractivity (Wildman–Crippen MR) is 252 cm³/mol. The Morgan fingerprint density at radius 1 is 0.383 bits per heavy atom. The average Bonchev–Trinajstić information content (AvgIpc) is 3.87. The third-order valence-electron chi connectivity index (χ3n) is 11.6.